The van der Waals surface area contributed by atoms with Crippen molar-refractivity contribution < 1.29 is 4.74 Å². The summed E-state index contributed by atoms with van der Waals surface area (Å²) in [4.78, 5) is 1.32. The Labute approximate surface area is 96.2 Å². The number of benzene rings is 1. The Kier molecular flexibility index (Phi) is 3.25. The van der Waals surface area contributed by atoms with E-state index in [1.807, 2.05) is 0 Å². The minimum atomic E-state index is 0.489. The fourth-order valence-electron chi connectivity index (χ4n) is 1.58. The fraction of sp³-hybridized carbons (Fsp3) is 0.538. The van der Waals surface area contributed by atoms with Gasteiger partial charge in [-0.15, -0.1) is 11.8 Å². The van der Waals surface area contributed by atoms with Crippen molar-refractivity contribution in [1.29, 1.82) is 0 Å². The van der Waals surface area contributed by atoms with Crippen LogP contribution in [0.3, 0.4) is 0 Å². The monoisotopic (exact) mass is 222 g/mol. The predicted molar refractivity (Wildman–Crippen MR) is 66.0 cm³/mol. The van der Waals surface area contributed by atoms with Gasteiger partial charge in [0.05, 0.1) is 6.10 Å². The van der Waals surface area contributed by atoms with Crippen molar-refractivity contribution in [2.45, 2.75) is 43.6 Å². The third-order valence-corrected chi connectivity index (χ3v) is 3.38. The molecule has 0 bridgehead atoms. The average molecular weight is 222 g/mol. The Morgan fingerprint density at radius 2 is 2.07 bits per heavy atom. The first-order valence-electron chi connectivity index (χ1n) is 5.55. The minimum absolute atomic E-state index is 0.489. The highest BCUT2D eigenvalue weighted by atomic mass is 32.2. The lowest BCUT2D eigenvalue weighted by atomic mass is 10.0. The summed E-state index contributed by atoms with van der Waals surface area (Å²) in [6, 6.07) is 6.53. The molecule has 1 aromatic rings. The molecule has 0 unspecified atom stereocenters. The molecular weight excluding hydrogens is 204 g/mol. The lowest BCUT2D eigenvalue weighted by Crippen LogP contribution is -2.01. The highest BCUT2D eigenvalue weighted by Crippen LogP contribution is 2.34. The van der Waals surface area contributed by atoms with E-state index >= 15 is 0 Å². The molecule has 2 heteroatoms. The van der Waals surface area contributed by atoms with Crippen LogP contribution in [-0.4, -0.2) is 12.4 Å². The largest absolute Gasteiger partial charge is 0.490 e. The molecule has 0 radical (unpaired) electrons. The van der Waals surface area contributed by atoms with Crippen LogP contribution in [0.15, 0.2) is 23.1 Å². The second-order valence-corrected chi connectivity index (χ2v) is 5.26. The topological polar surface area (TPSA) is 9.23 Å². The Balaban J connectivity index is 2.25. The lowest BCUT2D eigenvalue weighted by Gasteiger charge is -2.14. The zero-order valence-corrected chi connectivity index (χ0v) is 10.4. The standard InChI is InChI=1S/C13H18OS/c1-9(2)12-8-11(15-3)6-7-13(12)14-10-4-5-10/h6-10H,4-5H2,1-3H3. The lowest BCUT2D eigenvalue weighted by molar-refractivity contribution is 0.298. The van der Waals surface area contributed by atoms with Gasteiger partial charge in [-0.25, -0.2) is 0 Å². The maximum atomic E-state index is 5.91. The third kappa shape index (κ3) is 2.69. The van der Waals surface area contributed by atoms with Crippen LogP contribution in [0.4, 0.5) is 0 Å². The first-order chi connectivity index (χ1) is 7.20. The Bertz CT molecular complexity index is 342. The fourth-order valence-corrected chi connectivity index (χ4v) is 2.03. The molecule has 82 valence electrons. The molecule has 1 aliphatic rings. The summed E-state index contributed by atoms with van der Waals surface area (Å²) in [7, 11) is 0. The van der Waals surface area contributed by atoms with E-state index in [2.05, 4.69) is 38.3 Å². The zero-order chi connectivity index (χ0) is 10.8. The van der Waals surface area contributed by atoms with E-state index in [1.54, 1.807) is 11.8 Å². The van der Waals surface area contributed by atoms with E-state index in [4.69, 9.17) is 4.74 Å². The first kappa shape index (κ1) is 10.9. The van der Waals surface area contributed by atoms with Gasteiger partial charge < -0.3 is 4.74 Å². The summed E-state index contributed by atoms with van der Waals surface area (Å²) >= 11 is 1.79. The zero-order valence-electron chi connectivity index (χ0n) is 9.62. The van der Waals surface area contributed by atoms with Crippen LogP contribution in [0, 0.1) is 0 Å². The molecule has 0 spiro atoms. The van der Waals surface area contributed by atoms with Gasteiger partial charge >= 0.3 is 0 Å². The van der Waals surface area contributed by atoms with Gasteiger partial charge in [0.2, 0.25) is 0 Å². The number of hydrogen-bond acceptors (Lipinski definition) is 2. The predicted octanol–water partition coefficient (Wildman–Crippen LogP) is 4.07. The second kappa shape index (κ2) is 4.48. The van der Waals surface area contributed by atoms with E-state index < -0.39 is 0 Å². The van der Waals surface area contributed by atoms with Crippen LogP contribution in [0.25, 0.3) is 0 Å². The Hall–Kier alpha value is -0.630. The summed E-state index contributed by atoms with van der Waals surface area (Å²) in [6.45, 7) is 4.44. The molecule has 0 aliphatic heterocycles. The smallest absolute Gasteiger partial charge is 0.123 e. The molecule has 0 atom stereocenters. The summed E-state index contributed by atoms with van der Waals surface area (Å²) in [5.74, 6) is 1.62. The van der Waals surface area contributed by atoms with Crippen molar-refractivity contribution in [2.24, 2.45) is 0 Å². The van der Waals surface area contributed by atoms with Crippen LogP contribution in [-0.2, 0) is 0 Å². The van der Waals surface area contributed by atoms with E-state index in [-0.39, 0.29) is 0 Å². The van der Waals surface area contributed by atoms with Crippen molar-refractivity contribution in [1.82, 2.24) is 0 Å². The van der Waals surface area contributed by atoms with Crippen molar-refractivity contribution in [2.75, 3.05) is 6.26 Å². The molecule has 1 fully saturated rings. The molecule has 1 aromatic carbocycles. The van der Waals surface area contributed by atoms with E-state index in [0.717, 1.165) is 5.75 Å². The van der Waals surface area contributed by atoms with Gasteiger partial charge in [-0.3, -0.25) is 0 Å². The highest BCUT2D eigenvalue weighted by Gasteiger charge is 2.24. The SMILES string of the molecule is CSc1ccc(OC2CC2)c(C(C)C)c1. The molecule has 0 amide bonds. The van der Waals surface area contributed by atoms with Gasteiger partial charge in [-0.05, 0) is 48.8 Å². The number of thioether (sulfide) groups is 1. The Morgan fingerprint density at radius 3 is 2.60 bits per heavy atom. The van der Waals surface area contributed by atoms with Crippen LogP contribution in [0.1, 0.15) is 38.2 Å². The summed E-state index contributed by atoms with van der Waals surface area (Å²) in [5.41, 5.74) is 1.34. The average Bonchev–Trinajstić information content (AvgIpc) is 3.02. The highest BCUT2D eigenvalue weighted by molar-refractivity contribution is 7.98. The van der Waals surface area contributed by atoms with Crippen LogP contribution in [0.5, 0.6) is 5.75 Å². The molecular formula is C13H18OS. The van der Waals surface area contributed by atoms with Gasteiger partial charge in [-0.2, -0.15) is 0 Å². The van der Waals surface area contributed by atoms with Gasteiger partial charge in [0.25, 0.3) is 0 Å². The molecule has 1 aliphatic carbocycles. The van der Waals surface area contributed by atoms with E-state index in [1.165, 1.54) is 23.3 Å². The van der Waals surface area contributed by atoms with Gasteiger partial charge in [0.1, 0.15) is 5.75 Å². The van der Waals surface area contributed by atoms with Crippen molar-refractivity contribution in [3.8, 4) is 5.75 Å². The molecule has 1 saturated carbocycles. The molecule has 0 heterocycles. The van der Waals surface area contributed by atoms with Crippen LogP contribution in [0.2, 0.25) is 0 Å². The minimum Gasteiger partial charge on any atom is -0.490 e. The molecule has 15 heavy (non-hydrogen) atoms. The molecule has 2 rings (SSSR count). The Morgan fingerprint density at radius 1 is 1.33 bits per heavy atom. The normalized spacial score (nSPS) is 15.7. The maximum absolute atomic E-state index is 5.91. The van der Waals surface area contributed by atoms with Gasteiger partial charge in [0.15, 0.2) is 0 Å². The summed E-state index contributed by atoms with van der Waals surface area (Å²) < 4.78 is 5.91. The van der Waals surface area contributed by atoms with E-state index in [9.17, 15) is 0 Å². The van der Waals surface area contributed by atoms with Crippen LogP contribution < -0.4 is 4.74 Å². The summed E-state index contributed by atoms with van der Waals surface area (Å²) in [6.07, 6.45) is 5.05. The molecule has 0 N–H and O–H groups in total. The van der Waals surface area contributed by atoms with Gasteiger partial charge in [0, 0.05) is 4.90 Å². The van der Waals surface area contributed by atoms with Crippen LogP contribution >= 0.6 is 11.8 Å². The maximum Gasteiger partial charge on any atom is 0.123 e. The van der Waals surface area contributed by atoms with Crippen molar-refractivity contribution >= 4 is 11.8 Å². The number of hydrogen-bond donors (Lipinski definition) is 0. The third-order valence-electron chi connectivity index (χ3n) is 2.66. The quantitative estimate of drug-likeness (QED) is 0.710. The van der Waals surface area contributed by atoms with E-state index in [0.29, 0.717) is 12.0 Å². The second-order valence-electron chi connectivity index (χ2n) is 4.38. The number of ether oxygens (including phenoxy) is 1. The molecule has 0 saturated heterocycles. The van der Waals surface area contributed by atoms with Gasteiger partial charge in [-0.1, -0.05) is 13.8 Å². The van der Waals surface area contributed by atoms with Crippen molar-refractivity contribution in [3.05, 3.63) is 23.8 Å². The van der Waals surface area contributed by atoms with Crippen molar-refractivity contribution in [3.63, 3.8) is 0 Å². The molecule has 0 aromatic heterocycles. The first-order valence-corrected chi connectivity index (χ1v) is 6.77. The summed E-state index contributed by atoms with van der Waals surface area (Å²) in [5, 5.41) is 0. The number of rotatable bonds is 4. The molecule has 1 nitrogen and oxygen atoms in total.